The standard InChI is InChI=1S/C31H33F2N7O3S/c1-5-6-20(15(2)41)37-29-23-18-12-42-11-17(18)21(25-22-16(9-34)28(35)44-27(22)19(32)10-36-25)24(33)26(23)38-30(39-29)43-14-31(7-8-31)13-40(3)4/h10,20H,5-8,11-14,35H2,1-4H3,(H,37,38,39). The minimum atomic E-state index is -0.738. The van der Waals surface area contributed by atoms with E-state index in [1.165, 1.54) is 6.92 Å². The molecule has 44 heavy (non-hydrogen) atoms. The van der Waals surface area contributed by atoms with Crippen LogP contribution in [0, 0.1) is 28.4 Å². The number of rotatable bonds is 11. The fourth-order valence-electron chi connectivity index (χ4n) is 6.06. The Morgan fingerprint density at radius 1 is 1.27 bits per heavy atom. The molecule has 1 aliphatic carbocycles. The number of nitrogens with zero attached hydrogens (tertiary/aromatic N) is 5. The molecule has 10 nitrogen and oxygen atoms in total. The minimum Gasteiger partial charge on any atom is -0.463 e. The van der Waals surface area contributed by atoms with Gasteiger partial charge in [-0.05, 0) is 51.4 Å². The second kappa shape index (κ2) is 11.5. The number of ether oxygens (including phenoxy) is 2. The van der Waals surface area contributed by atoms with Crippen LogP contribution in [0.25, 0.3) is 32.2 Å². The molecule has 4 heterocycles. The largest absolute Gasteiger partial charge is 0.463 e. The summed E-state index contributed by atoms with van der Waals surface area (Å²) in [6.45, 7) is 4.84. The van der Waals surface area contributed by atoms with E-state index in [2.05, 4.69) is 25.2 Å². The number of nitrogen functional groups attached to an aromatic ring is 1. The van der Waals surface area contributed by atoms with Crippen molar-refractivity contribution in [3.63, 3.8) is 0 Å². The number of carbonyl (C=O) groups is 1. The molecule has 4 aromatic rings. The predicted octanol–water partition coefficient (Wildman–Crippen LogP) is 5.56. The third kappa shape index (κ3) is 5.21. The summed E-state index contributed by atoms with van der Waals surface area (Å²) in [5.41, 5.74) is 7.27. The predicted molar refractivity (Wildman–Crippen MR) is 164 cm³/mol. The lowest BCUT2D eigenvalue weighted by Crippen LogP contribution is -2.29. The molecule has 0 radical (unpaired) electrons. The van der Waals surface area contributed by atoms with Crippen molar-refractivity contribution < 1.29 is 23.0 Å². The molecule has 3 N–H and O–H groups in total. The van der Waals surface area contributed by atoms with Crippen molar-refractivity contribution in [3.8, 4) is 23.3 Å². The van der Waals surface area contributed by atoms with Crippen molar-refractivity contribution in [2.75, 3.05) is 38.3 Å². The van der Waals surface area contributed by atoms with Crippen LogP contribution in [0.5, 0.6) is 6.01 Å². The molecule has 0 bridgehead atoms. The number of pyridine rings is 1. The van der Waals surface area contributed by atoms with Crippen molar-refractivity contribution in [2.24, 2.45) is 5.41 Å². The molecular formula is C31H33F2N7O3S. The van der Waals surface area contributed by atoms with Crippen LogP contribution in [0.1, 0.15) is 56.2 Å². The van der Waals surface area contributed by atoms with E-state index in [9.17, 15) is 14.4 Å². The van der Waals surface area contributed by atoms with Gasteiger partial charge in [0.1, 0.15) is 22.4 Å². The molecule has 2 aliphatic rings. The van der Waals surface area contributed by atoms with Crippen LogP contribution in [-0.2, 0) is 22.7 Å². The second-order valence-electron chi connectivity index (χ2n) is 12.0. The van der Waals surface area contributed by atoms with Crippen LogP contribution in [0.15, 0.2) is 6.20 Å². The topological polar surface area (TPSA) is 139 Å². The van der Waals surface area contributed by atoms with Crippen LogP contribution in [-0.4, -0.2) is 58.9 Å². The van der Waals surface area contributed by atoms with Gasteiger partial charge in [-0.3, -0.25) is 9.78 Å². The van der Waals surface area contributed by atoms with Gasteiger partial charge in [-0.15, -0.1) is 11.3 Å². The highest BCUT2D eigenvalue weighted by molar-refractivity contribution is 7.23. The van der Waals surface area contributed by atoms with E-state index in [1.807, 2.05) is 27.1 Å². The molecule has 230 valence electrons. The van der Waals surface area contributed by atoms with Gasteiger partial charge in [0.15, 0.2) is 17.4 Å². The summed E-state index contributed by atoms with van der Waals surface area (Å²) in [6.07, 6.45) is 4.29. The Morgan fingerprint density at radius 2 is 2.02 bits per heavy atom. The van der Waals surface area contributed by atoms with Gasteiger partial charge in [0.2, 0.25) is 0 Å². The maximum atomic E-state index is 17.0. The van der Waals surface area contributed by atoms with E-state index in [-0.39, 0.29) is 73.7 Å². The van der Waals surface area contributed by atoms with E-state index in [0.717, 1.165) is 43.3 Å². The van der Waals surface area contributed by atoms with Gasteiger partial charge in [0.05, 0.1) is 53.4 Å². The summed E-state index contributed by atoms with van der Waals surface area (Å²) in [5.74, 6) is -1.19. The number of nitriles is 1. The Balaban J connectivity index is 1.59. The number of Topliss-reactive ketones (excluding diaryl/α,β-unsaturated/α-hetero) is 1. The Hall–Kier alpha value is -3.99. The van der Waals surface area contributed by atoms with Gasteiger partial charge >= 0.3 is 6.01 Å². The van der Waals surface area contributed by atoms with Crippen molar-refractivity contribution >= 4 is 48.9 Å². The summed E-state index contributed by atoms with van der Waals surface area (Å²) in [5, 5.41) is 13.8. The number of thiophene rings is 1. The molecule has 1 fully saturated rings. The van der Waals surface area contributed by atoms with Crippen LogP contribution in [0.3, 0.4) is 0 Å². The molecule has 6 rings (SSSR count). The third-order valence-electron chi connectivity index (χ3n) is 8.32. The quantitative estimate of drug-likeness (QED) is 0.219. The first kappa shape index (κ1) is 30.1. The highest BCUT2D eigenvalue weighted by Gasteiger charge is 2.44. The van der Waals surface area contributed by atoms with Crippen LogP contribution in [0.4, 0.5) is 19.6 Å². The molecule has 1 saturated carbocycles. The van der Waals surface area contributed by atoms with Gasteiger partial charge in [0.25, 0.3) is 0 Å². The molecule has 0 spiro atoms. The third-order valence-corrected chi connectivity index (χ3v) is 9.34. The van der Waals surface area contributed by atoms with Gasteiger partial charge in [-0.25, -0.2) is 8.78 Å². The van der Waals surface area contributed by atoms with Crippen molar-refractivity contribution in [3.05, 3.63) is 34.5 Å². The lowest BCUT2D eigenvalue weighted by molar-refractivity contribution is -0.117. The summed E-state index contributed by atoms with van der Waals surface area (Å²) >= 11 is 0.915. The van der Waals surface area contributed by atoms with Gasteiger partial charge in [-0.2, -0.15) is 15.2 Å². The lowest BCUT2D eigenvalue weighted by atomic mass is 9.93. The molecule has 3 aromatic heterocycles. The molecule has 1 aromatic carbocycles. The maximum absolute atomic E-state index is 17.0. The zero-order valence-corrected chi connectivity index (χ0v) is 25.8. The first-order valence-corrected chi connectivity index (χ1v) is 15.3. The van der Waals surface area contributed by atoms with Crippen molar-refractivity contribution in [1.82, 2.24) is 19.9 Å². The number of benzene rings is 1. The molecular weight excluding hydrogens is 588 g/mol. The zero-order valence-electron chi connectivity index (χ0n) is 25.0. The lowest BCUT2D eigenvalue weighted by Gasteiger charge is -2.22. The Bertz CT molecular complexity index is 1850. The highest BCUT2D eigenvalue weighted by Crippen LogP contribution is 2.48. The molecule has 0 amide bonds. The number of nitrogens with two attached hydrogens (primary N) is 1. The minimum absolute atomic E-state index is 0.0257. The number of halogens is 2. The average molecular weight is 622 g/mol. The normalized spacial score (nSPS) is 15.9. The van der Waals surface area contributed by atoms with Crippen molar-refractivity contribution in [2.45, 2.75) is 58.8 Å². The molecule has 1 aliphatic heterocycles. The van der Waals surface area contributed by atoms with E-state index in [4.69, 9.17) is 15.2 Å². The fourth-order valence-corrected chi connectivity index (χ4v) is 6.98. The van der Waals surface area contributed by atoms with Gasteiger partial charge < -0.3 is 25.4 Å². The van der Waals surface area contributed by atoms with E-state index in [1.54, 1.807) is 0 Å². The second-order valence-corrected chi connectivity index (χ2v) is 13.0. The van der Waals surface area contributed by atoms with E-state index >= 15 is 4.39 Å². The smallest absolute Gasteiger partial charge is 0.319 e. The van der Waals surface area contributed by atoms with E-state index < -0.39 is 17.7 Å². The number of fused-ring (bicyclic) bond motifs is 4. The zero-order chi connectivity index (χ0) is 31.3. The van der Waals surface area contributed by atoms with Crippen LogP contribution < -0.4 is 15.8 Å². The average Bonchev–Trinajstić information content (AvgIpc) is 3.39. The summed E-state index contributed by atoms with van der Waals surface area (Å²) in [7, 11) is 4.01. The molecule has 13 heteroatoms. The molecule has 0 saturated heterocycles. The number of anilines is 2. The number of nitrogens with one attached hydrogen (secondary N) is 1. The fraction of sp³-hybridized carbons (Fsp3) is 0.452. The monoisotopic (exact) mass is 621 g/mol. The highest BCUT2D eigenvalue weighted by atomic mass is 32.1. The van der Waals surface area contributed by atoms with E-state index in [0.29, 0.717) is 29.5 Å². The number of carbonyl (C=O) groups excluding carboxylic acids is 1. The Kier molecular flexibility index (Phi) is 7.85. The number of aromatic nitrogens is 3. The number of hydrogen-bond donors (Lipinski definition) is 2. The van der Waals surface area contributed by atoms with Gasteiger partial charge in [0, 0.05) is 22.9 Å². The first-order valence-electron chi connectivity index (χ1n) is 14.5. The van der Waals surface area contributed by atoms with Crippen LogP contribution >= 0.6 is 11.3 Å². The maximum Gasteiger partial charge on any atom is 0.319 e. The summed E-state index contributed by atoms with van der Waals surface area (Å²) in [4.78, 5) is 28.2. The Labute approximate surface area is 257 Å². The van der Waals surface area contributed by atoms with Crippen LogP contribution in [0.2, 0.25) is 0 Å². The Morgan fingerprint density at radius 3 is 2.68 bits per heavy atom. The number of hydrogen-bond acceptors (Lipinski definition) is 11. The number of ketones is 1. The molecule has 1 atom stereocenters. The van der Waals surface area contributed by atoms with Gasteiger partial charge in [-0.1, -0.05) is 13.3 Å². The SMILES string of the molecule is CCCC(Nc1nc(OCC2(CN(C)C)CC2)nc2c(F)c(-c3ncc(F)c4sc(N)c(C#N)c34)c3c(c12)COC3)C(C)=O. The first-order chi connectivity index (χ1) is 21.1. The molecule has 1 unspecified atom stereocenters. The summed E-state index contributed by atoms with van der Waals surface area (Å²) in [6, 6.07) is 1.45. The van der Waals surface area contributed by atoms with Crippen molar-refractivity contribution in [1.29, 1.82) is 5.26 Å². The summed E-state index contributed by atoms with van der Waals surface area (Å²) < 4.78 is 43.9.